The second kappa shape index (κ2) is 6.19. The fraction of sp³-hybridized carbons (Fsp3) is 0.385. The zero-order valence-electron chi connectivity index (χ0n) is 11.1. The lowest BCUT2D eigenvalue weighted by Crippen LogP contribution is -2.29. The average molecular weight is 262 g/mol. The van der Waals surface area contributed by atoms with E-state index in [1.165, 1.54) is 0 Å². The molecule has 2 rings (SSSR count). The number of nitrogens with zero attached hydrogens (tertiary/aromatic N) is 2. The second-order valence-electron chi connectivity index (χ2n) is 4.25. The number of imidazole rings is 1. The number of hydrogen-bond acceptors (Lipinski definition) is 3. The van der Waals surface area contributed by atoms with Gasteiger partial charge in [-0.25, -0.2) is 4.98 Å². The summed E-state index contributed by atoms with van der Waals surface area (Å²) in [6, 6.07) is 3.48. The molecule has 2 aromatic rings. The number of carbonyl (C=O) groups is 1. The van der Waals surface area contributed by atoms with E-state index < -0.39 is 0 Å². The SMILES string of the molecule is COCCn1cccc1C(=O)NC(C)c1ncc[nH]1. The standard InChI is InChI=1S/C13H18N4O2/c1-10(12-14-5-6-15-12)16-13(18)11-4-3-7-17(11)8-9-19-2/h3-7,10H,8-9H2,1-2H3,(H,14,15)(H,16,18). The molecule has 0 aliphatic rings. The monoisotopic (exact) mass is 262 g/mol. The maximum absolute atomic E-state index is 12.2. The molecule has 0 aliphatic heterocycles. The van der Waals surface area contributed by atoms with Gasteiger partial charge in [0.2, 0.25) is 0 Å². The number of rotatable bonds is 6. The van der Waals surface area contributed by atoms with Gasteiger partial charge in [0, 0.05) is 32.2 Å². The molecule has 2 aromatic heterocycles. The zero-order valence-corrected chi connectivity index (χ0v) is 11.1. The average Bonchev–Trinajstić information content (AvgIpc) is 3.07. The van der Waals surface area contributed by atoms with Crippen LogP contribution in [0.25, 0.3) is 0 Å². The normalized spacial score (nSPS) is 12.3. The summed E-state index contributed by atoms with van der Waals surface area (Å²) in [6.45, 7) is 3.11. The van der Waals surface area contributed by atoms with Crippen molar-refractivity contribution >= 4 is 5.91 Å². The van der Waals surface area contributed by atoms with Crippen LogP contribution in [0.5, 0.6) is 0 Å². The maximum atomic E-state index is 12.2. The molecule has 6 heteroatoms. The van der Waals surface area contributed by atoms with Crippen molar-refractivity contribution < 1.29 is 9.53 Å². The van der Waals surface area contributed by atoms with E-state index in [0.717, 1.165) is 5.82 Å². The number of aromatic nitrogens is 3. The van der Waals surface area contributed by atoms with E-state index in [1.807, 2.05) is 23.8 Å². The minimum atomic E-state index is -0.159. The van der Waals surface area contributed by atoms with Crippen LogP contribution < -0.4 is 5.32 Å². The molecule has 19 heavy (non-hydrogen) atoms. The molecule has 0 bridgehead atoms. The third kappa shape index (κ3) is 3.23. The highest BCUT2D eigenvalue weighted by atomic mass is 16.5. The van der Waals surface area contributed by atoms with Gasteiger partial charge in [0.15, 0.2) is 0 Å². The predicted octanol–water partition coefficient (Wildman–Crippen LogP) is 1.35. The van der Waals surface area contributed by atoms with Crippen molar-refractivity contribution in [3.8, 4) is 0 Å². The summed E-state index contributed by atoms with van der Waals surface area (Å²) >= 11 is 0. The molecule has 0 saturated heterocycles. The van der Waals surface area contributed by atoms with E-state index in [1.54, 1.807) is 25.6 Å². The van der Waals surface area contributed by atoms with Gasteiger partial charge < -0.3 is 19.6 Å². The Morgan fingerprint density at radius 3 is 3.16 bits per heavy atom. The Morgan fingerprint density at radius 2 is 2.47 bits per heavy atom. The molecule has 1 atom stereocenters. The number of amides is 1. The molecule has 6 nitrogen and oxygen atoms in total. The number of H-pyrrole nitrogens is 1. The third-order valence-electron chi connectivity index (χ3n) is 2.88. The second-order valence-corrected chi connectivity index (χ2v) is 4.25. The van der Waals surface area contributed by atoms with Crippen LogP contribution in [0.15, 0.2) is 30.7 Å². The number of carbonyl (C=O) groups excluding carboxylic acids is 1. The Morgan fingerprint density at radius 1 is 1.63 bits per heavy atom. The van der Waals surface area contributed by atoms with Crippen molar-refractivity contribution in [3.05, 3.63) is 42.2 Å². The first-order valence-electron chi connectivity index (χ1n) is 6.16. The van der Waals surface area contributed by atoms with E-state index in [0.29, 0.717) is 18.8 Å². The molecule has 0 fully saturated rings. The summed E-state index contributed by atoms with van der Waals surface area (Å²) in [7, 11) is 1.64. The molecule has 1 unspecified atom stereocenters. The van der Waals surface area contributed by atoms with Crippen LogP contribution in [0, 0.1) is 0 Å². The van der Waals surface area contributed by atoms with Crippen molar-refractivity contribution in [3.63, 3.8) is 0 Å². The van der Waals surface area contributed by atoms with Gasteiger partial charge in [-0.15, -0.1) is 0 Å². The lowest BCUT2D eigenvalue weighted by atomic mass is 10.3. The third-order valence-corrected chi connectivity index (χ3v) is 2.88. The Kier molecular flexibility index (Phi) is 4.35. The van der Waals surface area contributed by atoms with Crippen molar-refractivity contribution in [1.29, 1.82) is 0 Å². The number of hydrogen-bond donors (Lipinski definition) is 2. The van der Waals surface area contributed by atoms with E-state index in [2.05, 4.69) is 15.3 Å². The topological polar surface area (TPSA) is 71.9 Å². The van der Waals surface area contributed by atoms with Crippen LogP contribution in [0.3, 0.4) is 0 Å². The van der Waals surface area contributed by atoms with Crippen molar-refractivity contribution in [1.82, 2.24) is 19.9 Å². The van der Waals surface area contributed by atoms with Gasteiger partial charge in [-0.05, 0) is 19.1 Å². The van der Waals surface area contributed by atoms with Gasteiger partial charge in [0.25, 0.3) is 5.91 Å². The highest BCUT2D eigenvalue weighted by Gasteiger charge is 2.15. The van der Waals surface area contributed by atoms with Gasteiger partial charge in [0.1, 0.15) is 11.5 Å². The van der Waals surface area contributed by atoms with Gasteiger partial charge in [-0.2, -0.15) is 0 Å². The summed E-state index contributed by atoms with van der Waals surface area (Å²) in [5.74, 6) is 0.619. The lowest BCUT2D eigenvalue weighted by molar-refractivity contribution is 0.0926. The summed E-state index contributed by atoms with van der Waals surface area (Å²) < 4.78 is 6.89. The molecule has 2 heterocycles. The highest BCUT2D eigenvalue weighted by molar-refractivity contribution is 5.92. The fourth-order valence-electron chi connectivity index (χ4n) is 1.86. The summed E-state index contributed by atoms with van der Waals surface area (Å²) in [4.78, 5) is 19.3. The molecule has 102 valence electrons. The minimum Gasteiger partial charge on any atom is -0.383 e. The largest absolute Gasteiger partial charge is 0.383 e. The maximum Gasteiger partial charge on any atom is 0.268 e. The van der Waals surface area contributed by atoms with Gasteiger partial charge >= 0.3 is 0 Å². The van der Waals surface area contributed by atoms with Crippen LogP contribution in [-0.2, 0) is 11.3 Å². The molecule has 0 radical (unpaired) electrons. The lowest BCUT2D eigenvalue weighted by Gasteiger charge is -2.13. The molecule has 1 amide bonds. The molecular weight excluding hydrogens is 244 g/mol. The zero-order chi connectivity index (χ0) is 13.7. The Balaban J connectivity index is 2.01. The van der Waals surface area contributed by atoms with Crippen LogP contribution in [-0.4, -0.2) is 34.2 Å². The first-order valence-corrected chi connectivity index (χ1v) is 6.16. The first-order chi connectivity index (χ1) is 9.22. The molecule has 0 spiro atoms. The summed E-state index contributed by atoms with van der Waals surface area (Å²) in [5.41, 5.74) is 0.621. The smallest absolute Gasteiger partial charge is 0.268 e. The quantitative estimate of drug-likeness (QED) is 0.825. The summed E-state index contributed by atoms with van der Waals surface area (Å²) in [6.07, 6.45) is 5.27. The Bertz CT molecular complexity index is 518. The Hall–Kier alpha value is -2.08. The van der Waals surface area contributed by atoms with Gasteiger partial charge in [-0.1, -0.05) is 0 Å². The first kappa shape index (κ1) is 13.4. The van der Waals surface area contributed by atoms with E-state index in [-0.39, 0.29) is 11.9 Å². The van der Waals surface area contributed by atoms with Crippen LogP contribution in [0.1, 0.15) is 29.3 Å². The van der Waals surface area contributed by atoms with Crippen LogP contribution in [0.4, 0.5) is 0 Å². The fourth-order valence-corrected chi connectivity index (χ4v) is 1.86. The number of aromatic amines is 1. The van der Waals surface area contributed by atoms with Crippen molar-refractivity contribution in [2.24, 2.45) is 0 Å². The molecule has 0 saturated carbocycles. The predicted molar refractivity (Wildman–Crippen MR) is 70.8 cm³/mol. The van der Waals surface area contributed by atoms with E-state index in [9.17, 15) is 4.79 Å². The van der Waals surface area contributed by atoms with Gasteiger partial charge in [-0.3, -0.25) is 4.79 Å². The Labute approximate surface area is 111 Å². The highest BCUT2D eigenvalue weighted by Crippen LogP contribution is 2.08. The van der Waals surface area contributed by atoms with Crippen LogP contribution >= 0.6 is 0 Å². The molecule has 0 aliphatic carbocycles. The number of methoxy groups -OCH3 is 1. The minimum absolute atomic E-state index is 0.120. The van der Waals surface area contributed by atoms with Crippen molar-refractivity contribution in [2.45, 2.75) is 19.5 Å². The number of ether oxygens (including phenoxy) is 1. The molecule has 0 aromatic carbocycles. The molecule has 2 N–H and O–H groups in total. The number of nitrogens with one attached hydrogen (secondary N) is 2. The van der Waals surface area contributed by atoms with E-state index in [4.69, 9.17) is 4.74 Å². The summed E-state index contributed by atoms with van der Waals surface area (Å²) in [5, 5.41) is 2.91. The van der Waals surface area contributed by atoms with Gasteiger partial charge in [0.05, 0.1) is 12.6 Å². The van der Waals surface area contributed by atoms with Crippen LogP contribution in [0.2, 0.25) is 0 Å². The van der Waals surface area contributed by atoms with E-state index >= 15 is 0 Å². The molecular formula is C13H18N4O2. The van der Waals surface area contributed by atoms with Crippen molar-refractivity contribution in [2.75, 3.05) is 13.7 Å².